The van der Waals surface area contributed by atoms with Gasteiger partial charge in [-0.15, -0.1) is 0 Å². The maximum absolute atomic E-state index is 6.81. The Balaban J connectivity index is 1.08. The molecule has 10 aromatic carbocycles. The molecule has 0 fully saturated rings. The molecule has 0 saturated heterocycles. The van der Waals surface area contributed by atoms with Crippen molar-refractivity contribution in [3.05, 3.63) is 242 Å². The lowest BCUT2D eigenvalue weighted by atomic mass is 9.93. The second-order valence-corrected chi connectivity index (χ2v) is 16.5. The van der Waals surface area contributed by atoms with E-state index < -0.39 is 0 Å². The van der Waals surface area contributed by atoms with Crippen molar-refractivity contribution >= 4 is 60.8 Å². The highest BCUT2D eigenvalue weighted by Crippen LogP contribution is 2.47. The lowest BCUT2D eigenvalue weighted by Crippen LogP contribution is -2.12. The standard InChI is InChI=1S/C61H42N2O/c1-41-37-46(42-17-5-2-6-18-42)31-36-57(41)62(48-34-35-50(43-19-7-3-8-20-43)54(38-48)44-21-9-4-10-22-44)49-39-55(61-56(40-49)53-25-13-16-28-60(53)64-61)45-29-32-47(33-30-45)63-58-26-14-11-23-51(58)52-24-12-15-27-59(52)63/h2-40H,1H3. The molecule has 0 atom stereocenters. The van der Waals surface area contributed by atoms with Gasteiger partial charge in [-0.1, -0.05) is 170 Å². The zero-order chi connectivity index (χ0) is 42.6. The van der Waals surface area contributed by atoms with E-state index in [4.69, 9.17) is 4.42 Å². The number of hydrogen-bond donors (Lipinski definition) is 0. The summed E-state index contributed by atoms with van der Waals surface area (Å²) >= 11 is 0. The summed E-state index contributed by atoms with van der Waals surface area (Å²) in [6, 6.07) is 85.2. The first-order chi connectivity index (χ1) is 31.7. The van der Waals surface area contributed by atoms with Gasteiger partial charge in [-0.2, -0.15) is 0 Å². The van der Waals surface area contributed by atoms with Gasteiger partial charge in [0.1, 0.15) is 11.2 Å². The third kappa shape index (κ3) is 6.37. The molecule has 12 rings (SSSR count). The van der Waals surface area contributed by atoms with Gasteiger partial charge in [-0.3, -0.25) is 0 Å². The summed E-state index contributed by atoms with van der Waals surface area (Å²) in [5, 5.41) is 4.65. The summed E-state index contributed by atoms with van der Waals surface area (Å²) in [5.41, 5.74) is 18.8. The van der Waals surface area contributed by atoms with Crippen LogP contribution in [-0.4, -0.2) is 4.57 Å². The zero-order valence-electron chi connectivity index (χ0n) is 35.3. The molecule has 302 valence electrons. The smallest absolute Gasteiger partial charge is 0.143 e. The average molecular weight is 819 g/mol. The average Bonchev–Trinajstić information content (AvgIpc) is 3.91. The number of anilines is 3. The summed E-state index contributed by atoms with van der Waals surface area (Å²) < 4.78 is 9.18. The molecule has 64 heavy (non-hydrogen) atoms. The van der Waals surface area contributed by atoms with Crippen molar-refractivity contribution in [1.29, 1.82) is 0 Å². The van der Waals surface area contributed by atoms with Crippen LogP contribution in [0.3, 0.4) is 0 Å². The number of hydrogen-bond acceptors (Lipinski definition) is 2. The van der Waals surface area contributed by atoms with E-state index in [-0.39, 0.29) is 0 Å². The minimum absolute atomic E-state index is 0.867. The van der Waals surface area contributed by atoms with Crippen molar-refractivity contribution in [2.75, 3.05) is 4.90 Å². The Morgan fingerprint density at radius 1 is 0.359 bits per heavy atom. The van der Waals surface area contributed by atoms with Gasteiger partial charge < -0.3 is 13.9 Å². The largest absolute Gasteiger partial charge is 0.455 e. The van der Waals surface area contributed by atoms with Crippen molar-refractivity contribution in [2.45, 2.75) is 6.92 Å². The molecule has 2 heterocycles. The predicted molar refractivity (Wildman–Crippen MR) is 269 cm³/mol. The topological polar surface area (TPSA) is 21.3 Å². The molecule has 0 saturated carbocycles. The molecule has 0 aliphatic heterocycles. The summed E-state index contributed by atoms with van der Waals surface area (Å²) in [5.74, 6) is 0. The molecule has 2 aromatic heterocycles. The lowest BCUT2D eigenvalue weighted by molar-refractivity contribution is 0.670. The van der Waals surface area contributed by atoms with Crippen LogP contribution in [0.5, 0.6) is 0 Å². The van der Waals surface area contributed by atoms with Crippen molar-refractivity contribution < 1.29 is 4.42 Å². The normalized spacial score (nSPS) is 11.5. The third-order valence-electron chi connectivity index (χ3n) is 12.7. The van der Waals surface area contributed by atoms with Crippen molar-refractivity contribution in [2.24, 2.45) is 0 Å². The maximum Gasteiger partial charge on any atom is 0.143 e. The van der Waals surface area contributed by atoms with Gasteiger partial charge in [0.25, 0.3) is 0 Å². The number of nitrogens with zero attached hydrogens (tertiary/aromatic N) is 2. The highest BCUT2D eigenvalue weighted by Gasteiger charge is 2.23. The van der Waals surface area contributed by atoms with E-state index in [9.17, 15) is 0 Å². The monoisotopic (exact) mass is 818 g/mol. The molecule has 0 amide bonds. The lowest BCUT2D eigenvalue weighted by Gasteiger charge is -2.29. The molecule has 0 aliphatic carbocycles. The van der Waals surface area contributed by atoms with E-state index in [1.165, 1.54) is 60.8 Å². The van der Waals surface area contributed by atoms with Gasteiger partial charge in [-0.05, 0) is 118 Å². The number of fused-ring (bicyclic) bond motifs is 6. The first kappa shape index (κ1) is 37.4. The Morgan fingerprint density at radius 2 is 0.891 bits per heavy atom. The number of para-hydroxylation sites is 3. The Bertz CT molecular complexity index is 3610. The van der Waals surface area contributed by atoms with Gasteiger partial charge in [0.15, 0.2) is 0 Å². The Labute approximate surface area is 372 Å². The predicted octanol–water partition coefficient (Wildman–Crippen LogP) is 17.1. The second-order valence-electron chi connectivity index (χ2n) is 16.5. The molecule has 0 bridgehead atoms. The first-order valence-corrected chi connectivity index (χ1v) is 21.9. The molecule has 3 nitrogen and oxygen atoms in total. The second kappa shape index (κ2) is 15.5. The Kier molecular flexibility index (Phi) is 9.05. The summed E-state index contributed by atoms with van der Waals surface area (Å²) in [6.07, 6.45) is 0. The fraction of sp³-hybridized carbons (Fsp3) is 0.0164. The number of aryl methyl sites for hydroxylation is 1. The quantitative estimate of drug-likeness (QED) is 0.152. The number of aromatic nitrogens is 1. The molecule has 0 unspecified atom stereocenters. The van der Waals surface area contributed by atoms with Crippen molar-refractivity contribution in [3.8, 4) is 50.2 Å². The fourth-order valence-electron chi connectivity index (χ4n) is 9.69. The van der Waals surface area contributed by atoms with Crippen LogP contribution in [0.25, 0.3) is 93.9 Å². The van der Waals surface area contributed by atoms with Crippen LogP contribution in [0.2, 0.25) is 0 Å². The highest BCUT2D eigenvalue weighted by atomic mass is 16.3. The fourth-order valence-corrected chi connectivity index (χ4v) is 9.69. The molecule has 0 radical (unpaired) electrons. The minimum Gasteiger partial charge on any atom is -0.455 e. The van der Waals surface area contributed by atoms with Gasteiger partial charge in [0.05, 0.1) is 11.0 Å². The zero-order valence-corrected chi connectivity index (χ0v) is 35.3. The minimum atomic E-state index is 0.867. The molecular formula is C61H42N2O. The van der Waals surface area contributed by atoms with Gasteiger partial charge in [0.2, 0.25) is 0 Å². The third-order valence-corrected chi connectivity index (χ3v) is 12.7. The van der Waals surface area contributed by atoms with Crippen LogP contribution < -0.4 is 4.90 Å². The van der Waals surface area contributed by atoms with E-state index >= 15 is 0 Å². The van der Waals surface area contributed by atoms with E-state index in [0.29, 0.717) is 0 Å². The first-order valence-electron chi connectivity index (χ1n) is 21.9. The molecule has 3 heteroatoms. The van der Waals surface area contributed by atoms with Crippen LogP contribution in [-0.2, 0) is 0 Å². The van der Waals surface area contributed by atoms with Crippen molar-refractivity contribution in [1.82, 2.24) is 4.57 Å². The van der Waals surface area contributed by atoms with Crippen LogP contribution in [0.4, 0.5) is 17.1 Å². The SMILES string of the molecule is Cc1cc(-c2ccccc2)ccc1N(c1ccc(-c2ccccc2)c(-c2ccccc2)c1)c1cc(-c2ccc(-n3c4ccccc4c4ccccc43)cc2)c2oc3ccccc3c2c1. The molecule has 12 aromatic rings. The van der Waals surface area contributed by atoms with E-state index in [0.717, 1.165) is 55.8 Å². The van der Waals surface area contributed by atoms with E-state index in [1.807, 2.05) is 0 Å². The summed E-state index contributed by atoms with van der Waals surface area (Å²) in [7, 11) is 0. The van der Waals surface area contributed by atoms with Crippen molar-refractivity contribution in [3.63, 3.8) is 0 Å². The number of rotatable bonds is 8. The molecular weight excluding hydrogens is 777 g/mol. The summed E-state index contributed by atoms with van der Waals surface area (Å²) in [4.78, 5) is 2.43. The number of furan rings is 1. The number of benzene rings is 10. The molecule has 0 N–H and O–H groups in total. The van der Waals surface area contributed by atoms with Gasteiger partial charge >= 0.3 is 0 Å². The summed E-state index contributed by atoms with van der Waals surface area (Å²) in [6.45, 7) is 2.23. The van der Waals surface area contributed by atoms with Gasteiger partial charge in [0, 0.05) is 49.9 Å². The maximum atomic E-state index is 6.81. The molecule has 0 aliphatic rings. The van der Waals surface area contributed by atoms with Crippen LogP contribution in [0, 0.1) is 6.92 Å². The van der Waals surface area contributed by atoms with E-state index in [1.54, 1.807) is 0 Å². The van der Waals surface area contributed by atoms with Crippen LogP contribution in [0.15, 0.2) is 241 Å². The van der Waals surface area contributed by atoms with Gasteiger partial charge in [-0.25, -0.2) is 0 Å². The molecule has 0 spiro atoms. The van der Waals surface area contributed by atoms with E-state index in [2.05, 4.69) is 253 Å². The Hall–Kier alpha value is -8.40. The van der Waals surface area contributed by atoms with Crippen LogP contribution in [0.1, 0.15) is 5.56 Å². The Morgan fingerprint density at radius 3 is 1.55 bits per heavy atom. The van der Waals surface area contributed by atoms with Crippen LogP contribution >= 0.6 is 0 Å². The highest BCUT2D eigenvalue weighted by molar-refractivity contribution is 6.12.